The number of para-hydroxylation sites is 1. The van der Waals surface area contributed by atoms with Crippen LogP contribution in [-0.2, 0) is 20.5 Å². The number of carbonyl (C=O) groups excluding carboxylic acids is 2. The molecule has 6 nitrogen and oxygen atoms in total. The van der Waals surface area contributed by atoms with Gasteiger partial charge in [0.2, 0.25) is 0 Å². The molecule has 0 atom stereocenters. The fraction of sp³-hybridized carbons (Fsp3) is 0.300. The summed E-state index contributed by atoms with van der Waals surface area (Å²) in [5.74, 6) is -1.06. The van der Waals surface area contributed by atoms with E-state index >= 15 is 0 Å². The van der Waals surface area contributed by atoms with Crippen molar-refractivity contribution in [3.05, 3.63) is 54.1 Å². The maximum Gasteiger partial charge on any atom is 0.416 e. The van der Waals surface area contributed by atoms with E-state index in [-0.39, 0.29) is 18.0 Å². The molecule has 0 aliphatic carbocycles. The molecular formula is C20H20F3NO5. The van der Waals surface area contributed by atoms with Crippen molar-refractivity contribution in [2.75, 3.05) is 25.1 Å². The number of ether oxygens (including phenoxy) is 3. The number of hydrogen-bond donors (Lipinski definition) is 1. The van der Waals surface area contributed by atoms with Crippen LogP contribution in [-0.4, -0.2) is 31.7 Å². The first-order valence-electron chi connectivity index (χ1n) is 8.77. The summed E-state index contributed by atoms with van der Waals surface area (Å²) in [5.41, 5.74) is -1.10. The van der Waals surface area contributed by atoms with Crippen LogP contribution < -0.4 is 14.8 Å². The highest BCUT2D eigenvalue weighted by Gasteiger charge is 2.31. The molecule has 1 N–H and O–H groups in total. The topological polar surface area (TPSA) is 73.9 Å². The highest BCUT2D eigenvalue weighted by atomic mass is 19.4. The lowest BCUT2D eigenvalue weighted by Crippen LogP contribution is -2.24. The smallest absolute Gasteiger partial charge is 0.416 e. The lowest BCUT2D eigenvalue weighted by Gasteiger charge is -2.15. The van der Waals surface area contributed by atoms with Crippen LogP contribution in [0.4, 0.5) is 18.9 Å². The summed E-state index contributed by atoms with van der Waals surface area (Å²) in [6.07, 6.45) is -3.95. The Kier molecular flexibility index (Phi) is 7.88. The van der Waals surface area contributed by atoms with E-state index in [0.29, 0.717) is 12.2 Å². The van der Waals surface area contributed by atoms with E-state index in [1.54, 1.807) is 30.3 Å². The molecule has 0 aromatic heterocycles. The van der Waals surface area contributed by atoms with Crippen molar-refractivity contribution in [3.63, 3.8) is 0 Å². The molecule has 2 rings (SSSR count). The maximum atomic E-state index is 12.9. The third-order valence-electron chi connectivity index (χ3n) is 3.51. The Morgan fingerprint density at radius 3 is 2.38 bits per heavy atom. The Morgan fingerprint density at radius 2 is 1.72 bits per heavy atom. The van der Waals surface area contributed by atoms with Crippen molar-refractivity contribution < 1.29 is 37.0 Å². The third kappa shape index (κ3) is 7.36. The average molecular weight is 411 g/mol. The molecule has 156 valence electrons. The van der Waals surface area contributed by atoms with Crippen molar-refractivity contribution in [2.24, 2.45) is 0 Å². The lowest BCUT2D eigenvalue weighted by molar-refractivity contribution is -0.149. The van der Waals surface area contributed by atoms with E-state index < -0.39 is 36.8 Å². The molecule has 0 saturated heterocycles. The van der Waals surface area contributed by atoms with Crippen molar-refractivity contribution in [1.82, 2.24) is 0 Å². The van der Waals surface area contributed by atoms with E-state index in [1.165, 1.54) is 0 Å². The summed E-state index contributed by atoms with van der Waals surface area (Å²) in [6.45, 7) is 1.01. The Balaban J connectivity index is 1.93. The Morgan fingerprint density at radius 1 is 1.00 bits per heavy atom. The summed E-state index contributed by atoms with van der Waals surface area (Å²) in [6, 6.07) is 11.3. The number of rotatable bonds is 9. The van der Waals surface area contributed by atoms with E-state index in [2.05, 4.69) is 5.32 Å². The van der Waals surface area contributed by atoms with Crippen LogP contribution in [0.2, 0.25) is 0 Å². The fourth-order valence-corrected chi connectivity index (χ4v) is 2.17. The molecule has 0 aliphatic heterocycles. The minimum Gasteiger partial charge on any atom is -0.491 e. The van der Waals surface area contributed by atoms with Crippen LogP contribution in [0.1, 0.15) is 18.9 Å². The SMILES string of the molecule is CCCOc1ccc(C(F)(F)F)cc1NC(=O)COC(=O)COc1ccccc1. The van der Waals surface area contributed by atoms with Gasteiger partial charge in [-0.15, -0.1) is 0 Å². The predicted octanol–water partition coefficient (Wildman–Crippen LogP) is 4.05. The summed E-state index contributed by atoms with van der Waals surface area (Å²) >= 11 is 0. The van der Waals surface area contributed by atoms with Crippen LogP contribution in [0.15, 0.2) is 48.5 Å². The molecule has 9 heteroatoms. The van der Waals surface area contributed by atoms with Gasteiger partial charge in [-0.1, -0.05) is 25.1 Å². The molecule has 0 heterocycles. The standard InChI is InChI=1S/C20H20F3NO5/c1-2-10-27-17-9-8-14(20(21,22)23)11-16(17)24-18(25)12-29-19(26)13-28-15-6-4-3-5-7-15/h3-9,11H,2,10,12-13H2,1H3,(H,24,25). The Labute approximate surface area is 165 Å². The Hall–Kier alpha value is -3.23. The lowest BCUT2D eigenvalue weighted by atomic mass is 10.1. The molecule has 2 aromatic carbocycles. The molecule has 0 aliphatic rings. The first-order valence-corrected chi connectivity index (χ1v) is 8.77. The molecule has 0 radical (unpaired) electrons. The van der Waals surface area contributed by atoms with Crippen molar-refractivity contribution in [1.29, 1.82) is 0 Å². The molecule has 0 saturated carbocycles. The monoisotopic (exact) mass is 411 g/mol. The molecule has 29 heavy (non-hydrogen) atoms. The minimum absolute atomic E-state index is 0.0898. The second-order valence-electron chi connectivity index (χ2n) is 5.87. The van der Waals surface area contributed by atoms with Gasteiger partial charge in [-0.3, -0.25) is 4.79 Å². The van der Waals surface area contributed by atoms with Gasteiger partial charge in [0.05, 0.1) is 17.9 Å². The van der Waals surface area contributed by atoms with Crippen LogP contribution in [0.3, 0.4) is 0 Å². The number of carbonyl (C=O) groups is 2. The van der Waals surface area contributed by atoms with Gasteiger partial charge in [0.25, 0.3) is 5.91 Å². The number of halogens is 3. The van der Waals surface area contributed by atoms with Crippen LogP contribution >= 0.6 is 0 Å². The molecule has 2 aromatic rings. The van der Waals surface area contributed by atoms with Gasteiger partial charge in [0.15, 0.2) is 13.2 Å². The van der Waals surface area contributed by atoms with Gasteiger partial charge in [0.1, 0.15) is 11.5 Å². The molecular weight excluding hydrogens is 391 g/mol. The number of benzene rings is 2. The zero-order chi connectivity index (χ0) is 21.3. The number of esters is 1. The first kappa shape index (κ1) is 22.1. The average Bonchev–Trinajstić information content (AvgIpc) is 2.69. The van der Waals surface area contributed by atoms with Gasteiger partial charge in [-0.25, -0.2) is 4.79 Å². The second kappa shape index (κ2) is 10.4. The van der Waals surface area contributed by atoms with E-state index in [4.69, 9.17) is 14.2 Å². The van der Waals surface area contributed by atoms with Crippen molar-refractivity contribution in [2.45, 2.75) is 19.5 Å². The minimum atomic E-state index is -4.58. The van der Waals surface area contributed by atoms with Gasteiger partial charge in [-0.05, 0) is 36.8 Å². The van der Waals surface area contributed by atoms with Crippen molar-refractivity contribution >= 4 is 17.6 Å². The zero-order valence-corrected chi connectivity index (χ0v) is 15.6. The number of amides is 1. The predicted molar refractivity (Wildman–Crippen MR) is 98.8 cm³/mol. The summed E-state index contributed by atoms with van der Waals surface area (Å²) in [4.78, 5) is 23.7. The van der Waals surface area contributed by atoms with E-state index in [0.717, 1.165) is 18.2 Å². The zero-order valence-electron chi connectivity index (χ0n) is 15.6. The van der Waals surface area contributed by atoms with Gasteiger partial charge >= 0.3 is 12.1 Å². The molecule has 0 unspecified atom stereocenters. The second-order valence-corrected chi connectivity index (χ2v) is 5.87. The summed E-state index contributed by atoms with van der Waals surface area (Å²) < 4.78 is 54.1. The maximum absolute atomic E-state index is 12.9. The fourth-order valence-electron chi connectivity index (χ4n) is 2.17. The normalized spacial score (nSPS) is 10.9. The van der Waals surface area contributed by atoms with Gasteiger partial charge in [0, 0.05) is 0 Å². The summed E-state index contributed by atoms with van der Waals surface area (Å²) in [7, 11) is 0. The van der Waals surface area contributed by atoms with Crippen LogP contribution in [0.5, 0.6) is 11.5 Å². The van der Waals surface area contributed by atoms with Crippen molar-refractivity contribution in [3.8, 4) is 11.5 Å². The van der Waals surface area contributed by atoms with Crippen LogP contribution in [0.25, 0.3) is 0 Å². The largest absolute Gasteiger partial charge is 0.491 e. The highest BCUT2D eigenvalue weighted by molar-refractivity contribution is 5.94. The Bertz CT molecular complexity index is 825. The number of nitrogens with one attached hydrogen (secondary N) is 1. The molecule has 0 bridgehead atoms. The molecule has 0 spiro atoms. The number of anilines is 1. The van der Waals surface area contributed by atoms with Gasteiger partial charge in [-0.2, -0.15) is 13.2 Å². The number of hydrogen-bond acceptors (Lipinski definition) is 5. The highest BCUT2D eigenvalue weighted by Crippen LogP contribution is 2.35. The van der Waals surface area contributed by atoms with E-state index in [9.17, 15) is 22.8 Å². The quantitative estimate of drug-likeness (QED) is 0.630. The number of alkyl halides is 3. The molecule has 0 fully saturated rings. The molecule has 1 amide bonds. The van der Waals surface area contributed by atoms with E-state index in [1.807, 2.05) is 6.92 Å². The third-order valence-corrected chi connectivity index (χ3v) is 3.51. The van der Waals surface area contributed by atoms with Crippen LogP contribution in [0, 0.1) is 0 Å². The summed E-state index contributed by atoms with van der Waals surface area (Å²) in [5, 5.41) is 2.28. The van der Waals surface area contributed by atoms with Gasteiger partial charge < -0.3 is 19.5 Å². The first-order chi connectivity index (χ1) is 13.8.